The smallest absolute Gasteiger partial charge is 0.227 e. The number of anilines is 1. The molecule has 0 saturated carbocycles. The zero-order chi connectivity index (χ0) is 16.2. The summed E-state index contributed by atoms with van der Waals surface area (Å²) in [6.45, 7) is 3.78. The van der Waals surface area contributed by atoms with Crippen LogP contribution in [0.4, 0.5) is 5.69 Å². The second-order valence-corrected chi connectivity index (χ2v) is 8.07. The van der Waals surface area contributed by atoms with Gasteiger partial charge in [-0.2, -0.15) is 0 Å². The zero-order valence-corrected chi connectivity index (χ0v) is 16.4. The first-order valence-electron chi connectivity index (χ1n) is 7.53. The Hall–Kier alpha value is -0.790. The van der Waals surface area contributed by atoms with E-state index in [2.05, 4.69) is 15.6 Å². The first kappa shape index (κ1) is 19.5. The van der Waals surface area contributed by atoms with Gasteiger partial charge in [0.25, 0.3) is 0 Å². The van der Waals surface area contributed by atoms with Gasteiger partial charge < -0.3 is 10.6 Å². The number of carbonyl (C=O) groups is 1. The van der Waals surface area contributed by atoms with Crippen LogP contribution in [0.3, 0.4) is 0 Å². The summed E-state index contributed by atoms with van der Waals surface area (Å²) >= 11 is 9.50. The minimum atomic E-state index is 0. The van der Waals surface area contributed by atoms with Crippen LogP contribution >= 0.6 is 47.1 Å². The highest BCUT2D eigenvalue weighted by Gasteiger charge is 2.21. The van der Waals surface area contributed by atoms with Crippen LogP contribution < -0.4 is 10.6 Å². The highest BCUT2D eigenvalue weighted by atomic mass is 35.5. The first-order chi connectivity index (χ1) is 11.1. The van der Waals surface area contributed by atoms with Crippen molar-refractivity contribution in [3.63, 3.8) is 0 Å². The molecule has 130 valence electrons. The van der Waals surface area contributed by atoms with Gasteiger partial charge in [0.2, 0.25) is 5.91 Å². The lowest BCUT2D eigenvalue weighted by molar-refractivity contribution is -0.120. The molecular formula is C16H19Cl2N3OS2. The molecule has 1 amide bonds. The molecule has 0 atom stereocenters. The van der Waals surface area contributed by atoms with Crippen LogP contribution in [0.1, 0.15) is 18.5 Å². The monoisotopic (exact) mass is 403 g/mol. The summed E-state index contributed by atoms with van der Waals surface area (Å²) < 4.78 is 0.968. The number of rotatable bonds is 4. The predicted octanol–water partition coefficient (Wildman–Crippen LogP) is 4.62. The minimum absolute atomic E-state index is 0. The van der Waals surface area contributed by atoms with Gasteiger partial charge in [-0.25, -0.2) is 4.98 Å². The lowest BCUT2D eigenvalue weighted by Gasteiger charge is -2.21. The van der Waals surface area contributed by atoms with Crippen LogP contribution in [0.2, 0.25) is 5.02 Å². The molecule has 8 heteroatoms. The molecule has 0 aliphatic carbocycles. The van der Waals surface area contributed by atoms with Crippen LogP contribution in [0, 0.1) is 12.8 Å². The van der Waals surface area contributed by atoms with Gasteiger partial charge in [0.05, 0.1) is 5.02 Å². The Balaban J connectivity index is 0.00000208. The van der Waals surface area contributed by atoms with Gasteiger partial charge in [-0.15, -0.1) is 23.7 Å². The average molecular weight is 404 g/mol. The molecule has 0 spiro atoms. The van der Waals surface area contributed by atoms with E-state index in [9.17, 15) is 4.79 Å². The van der Waals surface area contributed by atoms with E-state index in [0.29, 0.717) is 5.02 Å². The third kappa shape index (κ3) is 5.10. The van der Waals surface area contributed by atoms with Gasteiger partial charge >= 0.3 is 0 Å². The van der Waals surface area contributed by atoms with Gasteiger partial charge in [0.15, 0.2) is 4.34 Å². The van der Waals surface area contributed by atoms with Crippen LogP contribution in [0.15, 0.2) is 32.8 Å². The second kappa shape index (κ2) is 9.06. The van der Waals surface area contributed by atoms with E-state index in [1.54, 1.807) is 23.1 Å². The molecule has 0 radical (unpaired) electrons. The molecule has 3 rings (SSSR count). The van der Waals surface area contributed by atoms with Gasteiger partial charge in [-0.05, 0) is 51.1 Å². The molecule has 2 aromatic rings. The molecule has 0 unspecified atom stereocenters. The van der Waals surface area contributed by atoms with Gasteiger partial charge in [0, 0.05) is 27.6 Å². The van der Waals surface area contributed by atoms with E-state index in [1.807, 2.05) is 30.5 Å². The fraction of sp³-hybridized carbons (Fsp3) is 0.375. The Morgan fingerprint density at radius 2 is 2.17 bits per heavy atom. The van der Waals surface area contributed by atoms with Crippen molar-refractivity contribution < 1.29 is 4.79 Å². The zero-order valence-electron chi connectivity index (χ0n) is 13.2. The first-order valence-corrected chi connectivity index (χ1v) is 9.60. The molecule has 24 heavy (non-hydrogen) atoms. The van der Waals surface area contributed by atoms with E-state index in [0.717, 1.165) is 46.5 Å². The molecule has 4 nitrogen and oxygen atoms in total. The number of hydrogen-bond donors (Lipinski definition) is 2. The Morgan fingerprint density at radius 3 is 2.79 bits per heavy atom. The summed E-state index contributed by atoms with van der Waals surface area (Å²) in [5.74, 6) is 0.167. The van der Waals surface area contributed by atoms with Crippen LogP contribution in [-0.4, -0.2) is 24.0 Å². The number of thiazole rings is 1. The molecule has 1 aromatic carbocycles. The van der Waals surface area contributed by atoms with Gasteiger partial charge in [0.1, 0.15) is 0 Å². The summed E-state index contributed by atoms with van der Waals surface area (Å²) in [6, 6.07) is 5.64. The highest BCUT2D eigenvalue weighted by molar-refractivity contribution is 8.01. The van der Waals surface area contributed by atoms with Crippen LogP contribution in [-0.2, 0) is 4.79 Å². The normalized spacial score (nSPS) is 14.9. The van der Waals surface area contributed by atoms with Crippen LogP contribution in [0.5, 0.6) is 0 Å². The lowest BCUT2D eigenvalue weighted by Crippen LogP contribution is -2.34. The standard InChI is InChI=1S/C16H18ClN3OS2.ClH/c1-10-9-22-16(19-10)23-14-3-2-12(8-13(14)17)20-15(21)11-4-6-18-7-5-11;/h2-3,8-9,11,18H,4-7H2,1H3,(H,20,21);1H. The Bertz CT molecular complexity index is 702. The quantitative estimate of drug-likeness (QED) is 0.781. The van der Waals surface area contributed by atoms with E-state index >= 15 is 0 Å². The SMILES string of the molecule is Cc1csc(Sc2ccc(NC(=O)C3CCNCC3)cc2Cl)n1.Cl. The summed E-state index contributed by atoms with van der Waals surface area (Å²) in [7, 11) is 0. The molecule has 1 aliphatic heterocycles. The largest absolute Gasteiger partial charge is 0.326 e. The van der Waals surface area contributed by atoms with E-state index in [4.69, 9.17) is 11.6 Å². The summed E-state index contributed by atoms with van der Waals surface area (Å²) in [6.07, 6.45) is 1.77. The predicted molar refractivity (Wildman–Crippen MR) is 104 cm³/mol. The molecule has 1 saturated heterocycles. The Labute approximate surface area is 161 Å². The fourth-order valence-electron chi connectivity index (χ4n) is 2.46. The van der Waals surface area contributed by atoms with Crippen molar-refractivity contribution in [1.29, 1.82) is 0 Å². The van der Waals surface area contributed by atoms with Crippen molar-refractivity contribution >= 4 is 58.7 Å². The molecule has 0 bridgehead atoms. The fourth-order valence-corrected chi connectivity index (χ4v) is 4.56. The summed E-state index contributed by atoms with van der Waals surface area (Å²) in [5, 5.41) is 8.89. The molecule has 1 fully saturated rings. The molecule has 2 heterocycles. The number of carbonyl (C=O) groups excluding carboxylic acids is 1. The minimum Gasteiger partial charge on any atom is -0.326 e. The maximum atomic E-state index is 12.3. The van der Waals surface area contributed by atoms with Gasteiger partial charge in [-0.3, -0.25) is 4.79 Å². The molecular weight excluding hydrogens is 385 g/mol. The third-order valence-electron chi connectivity index (χ3n) is 3.70. The maximum Gasteiger partial charge on any atom is 0.227 e. The number of aromatic nitrogens is 1. The van der Waals surface area contributed by atoms with E-state index in [1.165, 1.54) is 0 Å². The van der Waals surface area contributed by atoms with Crippen molar-refractivity contribution in [3.8, 4) is 0 Å². The summed E-state index contributed by atoms with van der Waals surface area (Å²) in [5.41, 5.74) is 1.76. The van der Waals surface area contributed by atoms with E-state index in [-0.39, 0.29) is 24.2 Å². The van der Waals surface area contributed by atoms with Crippen molar-refractivity contribution in [3.05, 3.63) is 34.3 Å². The summed E-state index contributed by atoms with van der Waals surface area (Å²) in [4.78, 5) is 17.6. The number of piperidine rings is 1. The third-order valence-corrected chi connectivity index (χ3v) is 6.26. The number of halogens is 2. The Kier molecular flexibility index (Phi) is 7.37. The van der Waals surface area contributed by atoms with Crippen molar-refractivity contribution in [2.24, 2.45) is 5.92 Å². The molecule has 1 aliphatic rings. The van der Waals surface area contributed by atoms with Crippen LogP contribution in [0.25, 0.3) is 0 Å². The maximum absolute atomic E-state index is 12.3. The van der Waals surface area contributed by atoms with Crippen molar-refractivity contribution in [2.45, 2.75) is 29.0 Å². The highest BCUT2D eigenvalue weighted by Crippen LogP contribution is 2.36. The number of aryl methyl sites for hydroxylation is 1. The number of benzene rings is 1. The Morgan fingerprint density at radius 1 is 1.42 bits per heavy atom. The molecule has 2 N–H and O–H groups in total. The molecule has 1 aromatic heterocycles. The number of nitrogens with zero attached hydrogens (tertiary/aromatic N) is 1. The average Bonchev–Trinajstić information content (AvgIpc) is 2.96. The van der Waals surface area contributed by atoms with Crippen molar-refractivity contribution in [2.75, 3.05) is 18.4 Å². The van der Waals surface area contributed by atoms with Gasteiger partial charge in [-0.1, -0.05) is 23.4 Å². The number of hydrogen-bond acceptors (Lipinski definition) is 5. The second-order valence-electron chi connectivity index (χ2n) is 5.52. The number of amides is 1. The van der Waals surface area contributed by atoms with Crippen molar-refractivity contribution in [1.82, 2.24) is 10.3 Å². The van der Waals surface area contributed by atoms with E-state index < -0.39 is 0 Å². The topological polar surface area (TPSA) is 54.0 Å². The lowest BCUT2D eigenvalue weighted by atomic mass is 9.97. The number of nitrogens with one attached hydrogen (secondary N) is 2.